The first-order valence-electron chi connectivity index (χ1n) is 4.94. The quantitative estimate of drug-likeness (QED) is 0.809. The number of aromatic nitrogens is 2. The van der Waals surface area contributed by atoms with E-state index in [-0.39, 0.29) is 5.78 Å². The number of ketones is 1. The fraction of sp³-hybridized carbons (Fsp3) is 0.182. The van der Waals surface area contributed by atoms with E-state index in [9.17, 15) is 4.79 Å². The zero-order chi connectivity index (χ0) is 12.4. The second-order valence-electron chi connectivity index (χ2n) is 3.36. The van der Waals surface area contributed by atoms with Crippen LogP contribution < -0.4 is 0 Å². The summed E-state index contributed by atoms with van der Waals surface area (Å²) in [6.07, 6.45) is 0.679. The van der Waals surface area contributed by atoms with Gasteiger partial charge in [-0.05, 0) is 36.2 Å². The summed E-state index contributed by atoms with van der Waals surface area (Å²) in [5, 5.41) is 4.71. The topological polar surface area (TPSA) is 42.9 Å². The van der Waals surface area contributed by atoms with Crippen LogP contribution >= 0.6 is 34.7 Å². The van der Waals surface area contributed by atoms with E-state index in [1.807, 2.05) is 6.92 Å². The van der Waals surface area contributed by atoms with Gasteiger partial charge in [0.05, 0.1) is 15.7 Å². The molecule has 0 saturated carbocycles. The third-order valence-corrected chi connectivity index (χ3v) is 3.78. The van der Waals surface area contributed by atoms with Crippen molar-refractivity contribution >= 4 is 40.5 Å². The largest absolute Gasteiger partial charge is 0.288 e. The van der Waals surface area contributed by atoms with E-state index in [1.54, 1.807) is 18.2 Å². The number of carbonyl (C=O) groups excluding carboxylic acids is 1. The first kappa shape index (κ1) is 12.5. The standard InChI is InChI=1S/C11H8Cl2N2OS/c1-2-9-11(17-15-14-9)10(16)6-3-4-7(12)8(13)5-6/h3-5H,2H2,1H3. The molecule has 17 heavy (non-hydrogen) atoms. The van der Waals surface area contributed by atoms with Gasteiger partial charge in [0.15, 0.2) is 0 Å². The number of aryl methyl sites for hydroxylation is 1. The van der Waals surface area contributed by atoms with Gasteiger partial charge in [-0.2, -0.15) is 0 Å². The Kier molecular flexibility index (Phi) is 3.76. The van der Waals surface area contributed by atoms with Crippen molar-refractivity contribution in [1.82, 2.24) is 9.59 Å². The van der Waals surface area contributed by atoms with Crippen LogP contribution in [-0.2, 0) is 6.42 Å². The highest BCUT2D eigenvalue weighted by Gasteiger charge is 2.17. The summed E-state index contributed by atoms with van der Waals surface area (Å²) >= 11 is 12.8. The monoisotopic (exact) mass is 286 g/mol. The SMILES string of the molecule is CCc1nnsc1C(=O)c1ccc(Cl)c(Cl)c1. The number of halogens is 2. The maximum Gasteiger partial charge on any atom is 0.206 e. The van der Waals surface area contributed by atoms with Gasteiger partial charge in [0.25, 0.3) is 0 Å². The predicted molar refractivity (Wildman–Crippen MR) is 69.2 cm³/mol. The summed E-state index contributed by atoms with van der Waals surface area (Å²) in [6, 6.07) is 4.82. The maximum absolute atomic E-state index is 12.2. The molecular formula is C11H8Cl2N2OS. The Labute approximate surface area is 113 Å². The molecule has 0 aliphatic rings. The summed E-state index contributed by atoms with van der Waals surface area (Å²) in [7, 11) is 0. The Morgan fingerprint density at radius 3 is 2.76 bits per heavy atom. The Bertz CT molecular complexity index is 568. The zero-order valence-corrected chi connectivity index (χ0v) is 11.2. The molecule has 0 aliphatic heterocycles. The second-order valence-corrected chi connectivity index (χ2v) is 4.93. The smallest absolute Gasteiger partial charge is 0.206 e. The summed E-state index contributed by atoms with van der Waals surface area (Å²) in [5.74, 6) is -0.115. The lowest BCUT2D eigenvalue weighted by atomic mass is 10.1. The molecule has 2 rings (SSSR count). The van der Waals surface area contributed by atoms with E-state index in [0.29, 0.717) is 32.6 Å². The van der Waals surface area contributed by atoms with Crippen LogP contribution in [0.15, 0.2) is 18.2 Å². The average Bonchev–Trinajstić information content (AvgIpc) is 2.80. The van der Waals surface area contributed by atoms with E-state index >= 15 is 0 Å². The van der Waals surface area contributed by atoms with Crippen molar-refractivity contribution in [2.75, 3.05) is 0 Å². The lowest BCUT2D eigenvalue weighted by Gasteiger charge is -2.01. The number of carbonyl (C=O) groups is 1. The van der Waals surface area contributed by atoms with Crippen molar-refractivity contribution in [1.29, 1.82) is 0 Å². The zero-order valence-electron chi connectivity index (χ0n) is 8.91. The molecule has 1 aromatic carbocycles. The average molecular weight is 287 g/mol. The molecule has 0 amide bonds. The van der Waals surface area contributed by atoms with E-state index in [0.717, 1.165) is 11.5 Å². The van der Waals surface area contributed by atoms with E-state index in [2.05, 4.69) is 9.59 Å². The molecule has 0 spiro atoms. The van der Waals surface area contributed by atoms with Gasteiger partial charge < -0.3 is 0 Å². The van der Waals surface area contributed by atoms with Crippen molar-refractivity contribution in [3.63, 3.8) is 0 Å². The highest BCUT2D eigenvalue weighted by Crippen LogP contribution is 2.25. The lowest BCUT2D eigenvalue weighted by Crippen LogP contribution is -2.02. The number of benzene rings is 1. The van der Waals surface area contributed by atoms with Crippen LogP contribution in [-0.4, -0.2) is 15.4 Å². The van der Waals surface area contributed by atoms with Crippen molar-refractivity contribution in [2.24, 2.45) is 0 Å². The van der Waals surface area contributed by atoms with Gasteiger partial charge in [-0.15, -0.1) is 5.10 Å². The van der Waals surface area contributed by atoms with Crippen LogP contribution in [0.25, 0.3) is 0 Å². The van der Waals surface area contributed by atoms with Crippen LogP contribution in [0.1, 0.15) is 27.9 Å². The van der Waals surface area contributed by atoms with Crippen LogP contribution in [0, 0.1) is 0 Å². The molecule has 0 unspecified atom stereocenters. The van der Waals surface area contributed by atoms with Gasteiger partial charge in [-0.25, -0.2) is 0 Å². The molecule has 1 heterocycles. The van der Waals surface area contributed by atoms with Crippen molar-refractivity contribution < 1.29 is 4.79 Å². The molecule has 0 N–H and O–H groups in total. The normalized spacial score (nSPS) is 10.5. The molecule has 0 saturated heterocycles. The molecule has 3 nitrogen and oxygen atoms in total. The Balaban J connectivity index is 2.40. The first-order valence-corrected chi connectivity index (χ1v) is 6.47. The maximum atomic E-state index is 12.2. The highest BCUT2D eigenvalue weighted by atomic mass is 35.5. The van der Waals surface area contributed by atoms with Crippen molar-refractivity contribution in [3.05, 3.63) is 44.4 Å². The minimum absolute atomic E-state index is 0.115. The van der Waals surface area contributed by atoms with Gasteiger partial charge in [0.2, 0.25) is 5.78 Å². The molecule has 0 fully saturated rings. The van der Waals surface area contributed by atoms with Gasteiger partial charge in [0.1, 0.15) is 4.88 Å². The lowest BCUT2D eigenvalue weighted by molar-refractivity contribution is 0.104. The second kappa shape index (κ2) is 5.12. The Morgan fingerprint density at radius 1 is 1.35 bits per heavy atom. The van der Waals surface area contributed by atoms with Gasteiger partial charge >= 0.3 is 0 Å². The minimum Gasteiger partial charge on any atom is -0.288 e. The molecular weight excluding hydrogens is 279 g/mol. The third-order valence-electron chi connectivity index (χ3n) is 2.28. The fourth-order valence-corrected chi connectivity index (χ4v) is 2.39. The molecule has 0 atom stereocenters. The molecule has 0 radical (unpaired) electrons. The van der Waals surface area contributed by atoms with E-state index in [4.69, 9.17) is 23.2 Å². The summed E-state index contributed by atoms with van der Waals surface area (Å²) < 4.78 is 3.79. The Hall–Kier alpha value is -0.970. The summed E-state index contributed by atoms with van der Waals surface area (Å²) in [4.78, 5) is 12.7. The molecule has 1 aromatic heterocycles. The highest BCUT2D eigenvalue weighted by molar-refractivity contribution is 7.08. The summed E-state index contributed by atoms with van der Waals surface area (Å²) in [6.45, 7) is 1.93. The van der Waals surface area contributed by atoms with Crippen LogP contribution in [0.2, 0.25) is 10.0 Å². The van der Waals surface area contributed by atoms with Gasteiger partial charge in [0, 0.05) is 5.56 Å². The number of nitrogens with zero attached hydrogens (tertiary/aromatic N) is 2. The minimum atomic E-state index is -0.115. The molecule has 2 aromatic rings. The first-order chi connectivity index (χ1) is 8.13. The van der Waals surface area contributed by atoms with E-state index in [1.165, 1.54) is 0 Å². The van der Waals surface area contributed by atoms with Gasteiger partial charge in [-0.3, -0.25) is 4.79 Å². The molecule has 88 valence electrons. The van der Waals surface area contributed by atoms with Crippen LogP contribution in [0.5, 0.6) is 0 Å². The van der Waals surface area contributed by atoms with Crippen LogP contribution in [0.3, 0.4) is 0 Å². The molecule has 0 bridgehead atoms. The van der Waals surface area contributed by atoms with E-state index < -0.39 is 0 Å². The Morgan fingerprint density at radius 2 is 2.12 bits per heavy atom. The molecule has 0 aliphatic carbocycles. The molecule has 6 heteroatoms. The van der Waals surface area contributed by atoms with Crippen LogP contribution in [0.4, 0.5) is 0 Å². The predicted octanol–water partition coefficient (Wildman–Crippen LogP) is 3.64. The number of rotatable bonds is 3. The third kappa shape index (κ3) is 2.49. The van der Waals surface area contributed by atoms with Crippen molar-refractivity contribution in [2.45, 2.75) is 13.3 Å². The van der Waals surface area contributed by atoms with Gasteiger partial charge in [-0.1, -0.05) is 34.6 Å². The van der Waals surface area contributed by atoms with Crippen molar-refractivity contribution in [3.8, 4) is 0 Å². The fourth-order valence-electron chi connectivity index (χ4n) is 1.38. The summed E-state index contributed by atoms with van der Waals surface area (Å²) in [5.41, 5.74) is 1.21. The number of hydrogen-bond acceptors (Lipinski definition) is 4. The number of hydrogen-bond donors (Lipinski definition) is 0.